The minimum Gasteiger partial charge on any atom is -0.497 e. The van der Waals surface area contributed by atoms with E-state index in [1.807, 2.05) is 36.4 Å². The molecule has 3 rings (SSSR count). The van der Waals surface area contributed by atoms with E-state index < -0.39 is 0 Å². The van der Waals surface area contributed by atoms with E-state index in [1.54, 1.807) is 7.11 Å². The van der Waals surface area contributed by atoms with Crippen LogP contribution in [0.15, 0.2) is 53.5 Å². The predicted octanol–water partition coefficient (Wildman–Crippen LogP) is 2.47. The quantitative estimate of drug-likeness (QED) is 0.685. The van der Waals surface area contributed by atoms with Crippen LogP contribution in [0.5, 0.6) is 5.75 Å². The van der Waals surface area contributed by atoms with Gasteiger partial charge in [0.2, 0.25) is 0 Å². The third-order valence-electron chi connectivity index (χ3n) is 4.38. The molecule has 0 aliphatic carbocycles. The minimum absolute atomic E-state index is 0.211. The lowest BCUT2D eigenvalue weighted by Gasteiger charge is -2.36. The fourth-order valence-electron chi connectivity index (χ4n) is 2.85. The van der Waals surface area contributed by atoms with Gasteiger partial charge in [-0.25, -0.2) is 9.38 Å². The number of rotatable bonds is 4. The van der Waals surface area contributed by atoms with Crippen LogP contribution >= 0.6 is 0 Å². The van der Waals surface area contributed by atoms with Gasteiger partial charge in [-0.3, -0.25) is 0 Å². The largest absolute Gasteiger partial charge is 0.497 e. The van der Waals surface area contributed by atoms with Crippen LogP contribution in [0.3, 0.4) is 0 Å². The molecular weight excluding hydrogens is 319 g/mol. The van der Waals surface area contributed by atoms with Crippen LogP contribution in [0.1, 0.15) is 5.56 Å². The van der Waals surface area contributed by atoms with Crippen LogP contribution in [0.2, 0.25) is 0 Å². The van der Waals surface area contributed by atoms with Crippen LogP contribution in [0.4, 0.5) is 10.1 Å². The van der Waals surface area contributed by atoms with Crippen LogP contribution in [-0.2, 0) is 6.54 Å². The van der Waals surface area contributed by atoms with Crippen molar-refractivity contribution in [3.05, 3.63) is 59.9 Å². The number of nitrogens with zero attached hydrogens (tertiary/aromatic N) is 3. The maximum Gasteiger partial charge on any atom is 0.191 e. The maximum atomic E-state index is 13.0. The molecule has 1 heterocycles. The second kappa shape index (κ2) is 7.88. The number of hydrogen-bond donors (Lipinski definition) is 1. The molecule has 1 saturated heterocycles. The molecule has 6 heteroatoms. The van der Waals surface area contributed by atoms with Gasteiger partial charge in [0.25, 0.3) is 0 Å². The zero-order chi connectivity index (χ0) is 17.6. The average Bonchev–Trinajstić information content (AvgIpc) is 2.67. The molecule has 0 amide bonds. The second-order valence-electron chi connectivity index (χ2n) is 5.97. The van der Waals surface area contributed by atoms with Gasteiger partial charge >= 0.3 is 0 Å². The number of guanidine groups is 1. The molecule has 1 fully saturated rings. The summed E-state index contributed by atoms with van der Waals surface area (Å²) in [5.74, 6) is 1.18. The molecule has 0 atom stereocenters. The summed E-state index contributed by atoms with van der Waals surface area (Å²) in [5.41, 5.74) is 8.27. The van der Waals surface area contributed by atoms with Crippen molar-refractivity contribution in [1.82, 2.24) is 4.90 Å². The molecule has 0 radical (unpaired) electrons. The lowest BCUT2D eigenvalue weighted by atomic mass is 10.2. The number of anilines is 1. The van der Waals surface area contributed by atoms with Crippen molar-refractivity contribution in [2.75, 3.05) is 38.2 Å². The predicted molar refractivity (Wildman–Crippen MR) is 98.5 cm³/mol. The van der Waals surface area contributed by atoms with Crippen LogP contribution in [0.25, 0.3) is 0 Å². The summed E-state index contributed by atoms with van der Waals surface area (Å²) in [6, 6.07) is 14.4. The first kappa shape index (κ1) is 17.1. The standard InChI is InChI=1S/C19H23FN4O/c1-25-18-8-2-15(3-9-18)14-22-19(21)24-12-10-23(11-13-24)17-6-4-16(20)5-7-17/h2-9H,10-14H2,1H3,(H2,21,22). The highest BCUT2D eigenvalue weighted by Crippen LogP contribution is 2.17. The molecule has 0 unspecified atom stereocenters. The Hall–Kier alpha value is -2.76. The molecule has 2 aromatic carbocycles. The summed E-state index contributed by atoms with van der Waals surface area (Å²) >= 11 is 0. The fourth-order valence-corrected chi connectivity index (χ4v) is 2.85. The Balaban J connectivity index is 1.53. The number of halogens is 1. The number of nitrogens with two attached hydrogens (primary N) is 1. The molecule has 132 valence electrons. The molecule has 1 aliphatic rings. The van der Waals surface area contributed by atoms with Gasteiger partial charge < -0.3 is 20.3 Å². The van der Waals surface area contributed by atoms with Crippen molar-refractivity contribution in [3.8, 4) is 5.75 Å². The second-order valence-corrected chi connectivity index (χ2v) is 5.97. The minimum atomic E-state index is -0.211. The van der Waals surface area contributed by atoms with E-state index in [0.717, 1.165) is 43.2 Å². The number of aliphatic imine (C=N–C) groups is 1. The van der Waals surface area contributed by atoms with Crippen molar-refractivity contribution >= 4 is 11.6 Å². The van der Waals surface area contributed by atoms with Gasteiger partial charge in [0.15, 0.2) is 5.96 Å². The molecule has 5 nitrogen and oxygen atoms in total. The van der Waals surface area contributed by atoms with Crippen molar-refractivity contribution in [1.29, 1.82) is 0 Å². The molecule has 0 spiro atoms. The highest BCUT2D eigenvalue weighted by atomic mass is 19.1. The monoisotopic (exact) mass is 342 g/mol. The third-order valence-corrected chi connectivity index (χ3v) is 4.38. The topological polar surface area (TPSA) is 54.1 Å². The summed E-state index contributed by atoms with van der Waals surface area (Å²) in [5, 5.41) is 0. The summed E-state index contributed by atoms with van der Waals surface area (Å²) in [7, 11) is 1.65. The Morgan fingerprint density at radius 2 is 1.68 bits per heavy atom. The smallest absolute Gasteiger partial charge is 0.191 e. The normalized spacial score (nSPS) is 15.4. The maximum absolute atomic E-state index is 13.0. The lowest BCUT2D eigenvalue weighted by molar-refractivity contribution is 0.380. The highest BCUT2D eigenvalue weighted by molar-refractivity contribution is 5.78. The van der Waals surface area contributed by atoms with Crippen molar-refractivity contribution in [2.24, 2.45) is 10.7 Å². The van der Waals surface area contributed by atoms with Crippen LogP contribution in [0, 0.1) is 5.82 Å². The van der Waals surface area contributed by atoms with E-state index in [4.69, 9.17) is 10.5 Å². The number of hydrogen-bond acceptors (Lipinski definition) is 3. The first-order valence-corrected chi connectivity index (χ1v) is 8.34. The van der Waals surface area contributed by atoms with Gasteiger partial charge in [-0.05, 0) is 42.0 Å². The zero-order valence-corrected chi connectivity index (χ0v) is 14.4. The molecular formula is C19H23FN4O. The van der Waals surface area contributed by atoms with Gasteiger partial charge in [0.1, 0.15) is 11.6 Å². The molecule has 0 bridgehead atoms. The Morgan fingerprint density at radius 3 is 2.28 bits per heavy atom. The van der Waals surface area contributed by atoms with Gasteiger partial charge in [0, 0.05) is 31.9 Å². The first-order chi connectivity index (χ1) is 12.2. The lowest BCUT2D eigenvalue weighted by Crippen LogP contribution is -2.51. The average molecular weight is 342 g/mol. The van der Waals surface area contributed by atoms with E-state index >= 15 is 0 Å². The van der Waals surface area contributed by atoms with Gasteiger partial charge in [0.05, 0.1) is 13.7 Å². The SMILES string of the molecule is COc1ccc(CN=C(N)N2CCN(c3ccc(F)cc3)CC2)cc1. The number of piperazine rings is 1. The molecule has 25 heavy (non-hydrogen) atoms. The van der Waals surface area contributed by atoms with E-state index in [2.05, 4.69) is 14.8 Å². The highest BCUT2D eigenvalue weighted by Gasteiger charge is 2.18. The van der Waals surface area contributed by atoms with Crippen LogP contribution < -0.4 is 15.4 Å². The number of benzene rings is 2. The third kappa shape index (κ3) is 4.41. The fraction of sp³-hybridized carbons (Fsp3) is 0.316. The molecule has 0 saturated carbocycles. The molecule has 2 N–H and O–H groups in total. The van der Waals surface area contributed by atoms with Gasteiger partial charge in [-0.2, -0.15) is 0 Å². The molecule has 1 aliphatic heterocycles. The summed E-state index contributed by atoms with van der Waals surface area (Å²) in [4.78, 5) is 8.81. The summed E-state index contributed by atoms with van der Waals surface area (Å²) in [6.45, 7) is 3.83. The summed E-state index contributed by atoms with van der Waals surface area (Å²) < 4.78 is 18.2. The van der Waals surface area contributed by atoms with Gasteiger partial charge in [-0.1, -0.05) is 12.1 Å². The zero-order valence-electron chi connectivity index (χ0n) is 14.4. The van der Waals surface area contributed by atoms with E-state index in [9.17, 15) is 4.39 Å². The first-order valence-electron chi connectivity index (χ1n) is 8.34. The summed E-state index contributed by atoms with van der Waals surface area (Å²) in [6.07, 6.45) is 0. The number of methoxy groups -OCH3 is 1. The number of ether oxygens (including phenoxy) is 1. The van der Waals surface area contributed by atoms with Crippen LogP contribution in [-0.4, -0.2) is 44.1 Å². The van der Waals surface area contributed by atoms with E-state index in [0.29, 0.717) is 12.5 Å². The Kier molecular flexibility index (Phi) is 5.38. The van der Waals surface area contributed by atoms with E-state index in [-0.39, 0.29) is 5.82 Å². The Labute approximate surface area is 147 Å². The Bertz CT molecular complexity index is 707. The van der Waals surface area contributed by atoms with Crippen molar-refractivity contribution in [2.45, 2.75) is 6.54 Å². The van der Waals surface area contributed by atoms with Crippen molar-refractivity contribution < 1.29 is 9.13 Å². The molecule has 0 aromatic heterocycles. The van der Waals surface area contributed by atoms with E-state index in [1.165, 1.54) is 12.1 Å². The van der Waals surface area contributed by atoms with Gasteiger partial charge in [-0.15, -0.1) is 0 Å². The Morgan fingerprint density at radius 1 is 1.04 bits per heavy atom. The van der Waals surface area contributed by atoms with Crippen molar-refractivity contribution in [3.63, 3.8) is 0 Å². The molecule has 2 aromatic rings.